The maximum absolute atomic E-state index is 12.0. The van der Waals surface area contributed by atoms with Crippen molar-refractivity contribution in [1.29, 1.82) is 0 Å². The van der Waals surface area contributed by atoms with E-state index in [0.29, 0.717) is 25.1 Å². The normalized spacial score (nSPS) is 19.9. The SMILES string of the molecule is C#CC/C=C1\OC(=O)C(CC=C)(CC=C)N1C. The van der Waals surface area contributed by atoms with E-state index in [0.717, 1.165) is 0 Å². The van der Waals surface area contributed by atoms with Crippen LogP contribution in [-0.2, 0) is 9.53 Å². The summed E-state index contributed by atoms with van der Waals surface area (Å²) in [5, 5.41) is 0. The number of terminal acetylenes is 1. The lowest BCUT2D eigenvalue weighted by Crippen LogP contribution is -2.45. The summed E-state index contributed by atoms with van der Waals surface area (Å²) in [6.45, 7) is 7.37. The maximum atomic E-state index is 12.0. The van der Waals surface area contributed by atoms with Gasteiger partial charge in [0.25, 0.3) is 0 Å². The third-order valence-electron chi connectivity index (χ3n) is 2.91. The van der Waals surface area contributed by atoms with Crippen LogP contribution in [0.5, 0.6) is 0 Å². The average Bonchev–Trinajstić information content (AvgIpc) is 2.53. The molecule has 0 bridgehead atoms. The van der Waals surface area contributed by atoms with Gasteiger partial charge in [0.2, 0.25) is 0 Å². The number of hydrogen-bond acceptors (Lipinski definition) is 3. The molecule has 1 aliphatic rings. The number of carbonyl (C=O) groups excluding carboxylic acids is 1. The molecule has 1 rings (SSSR count). The molecule has 1 fully saturated rings. The third kappa shape index (κ3) is 2.26. The summed E-state index contributed by atoms with van der Waals surface area (Å²) in [6, 6.07) is 0. The zero-order valence-corrected chi connectivity index (χ0v) is 10.1. The van der Waals surface area contributed by atoms with Gasteiger partial charge in [0.1, 0.15) is 5.54 Å². The van der Waals surface area contributed by atoms with Crippen LogP contribution < -0.4 is 0 Å². The average molecular weight is 231 g/mol. The van der Waals surface area contributed by atoms with Crippen molar-refractivity contribution < 1.29 is 9.53 Å². The lowest BCUT2D eigenvalue weighted by Gasteiger charge is -2.30. The number of hydrogen-bond donors (Lipinski definition) is 0. The molecule has 0 N–H and O–H groups in total. The fraction of sp³-hybridized carbons (Fsp3) is 0.357. The predicted octanol–water partition coefficient (Wildman–Crippen LogP) is 2.23. The zero-order chi connectivity index (χ0) is 12.9. The van der Waals surface area contributed by atoms with E-state index in [9.17, 15) is 4.79 Å². The first-order chi connectivity index (χ1) is 8.12. The number of allylic oxidation sites excluding steroid dienone is 1. The molecule has 1 aliphatic heterocycles. The van der Waals surface area contributed by atoms with Gasteiger partial charge in [-0.3, -0.25) is 0 Å². The Morgan fingerprint density at radius 3 is 2.53 bits per heavy atom. The lowest BCUT2D eigenvalue weighted by atomic mass is 9.90. The molecule has 0 aromatic carbocycles. The Morgan fingerprint density at radius 1 is 1.47 bits per heavy atom. The van der Waals surface area contributed by atoms with Crippen LogP contribution in [0.2, 0.25) is 0 Å². The molecule has 0 spiro atoms. The van der Waals surface area contributed by atoms with Crippen molar-refractivity contribution in [2.75, 3.05) is 7.05 Å². The number of carbonyl (C=O) groups is 1. The second-order valence-electron chi connectivity index (χ2n) is 3.92. The van der Waals surface area contributed by atoms with Gasteiger partial charge < -0.3 is 9.64 Å². The molecule has 0 atom stereocenters. The van der Waals surface area contributed by atoms with Crippen molar-refractivity contribution in [1.82, 2.24) is 4.90 Å². The van der Waals surface area contributed by atoms with Gasteiger partial charge in [-0.05, 0) is 18.9 Å². The second-order valence-corrected chi connectivity index (χ2v) is 3.92. The smallest absolute Gasteiger partial charge is 0.339 e. The van der Waals surface area contributed by atoms with Gasteiger partial charge in [-0.25, -0.2) is 4.79 Å². The van der Waals surface area contributed by atoms with Crippen LogP contribution in [0.4, 0.5) is 0 Å². The van der Waals surface area contributed by atoms with Crippen LogP contribution in [0.25, 0.3) is 0 Å². The number of esters is 1. The minimum absolute atomic E-state index is 0.275. The van der Waals surface area contributed by atoms with E-state index in [1.807, 2.05) is 11.9 Å². The highest BCUT2D eigenvalue weighted by molar-refractivity contribution is 5.85. The number of nitrogens with zero attached hydrogens (tertiary/aromatic N) is 1. The Kier molecular flexibility index (Phi) is 4.17. The topological polar surface area (TPSA) is 29.5 Å². The molecule has 0 aromatic heterocycles. The molecule has 0 radical (unpaired) electrons. The summed E-state index contributed by atoms with van der Waals surface area (Å²) in [5.41, 5.74) is -0.718. The molecule has 1 saturated heterocycles. The Hall–Kier alpha value is -1.95. The molecular formula is C14H17NO2. The van der Waals surface area contributed by atoms with Gasteiger partial charge in [0.05, 0.1) is 0 Å². The molecule has 0 aliphatic carbocycles. The minimum atomic E-state index is -0.718. The van der Waals surface area contributed by atoms with Crippen LogP contribution in [0.15, 0.2) is 37.3 Å². The van der Waals surface area contributed by atoms with E-state index in [1.165, 1.54) is 0 Å². The highest BCUT2D eigenvalue weighted by atomic mass is 16.6. The van der Waals surface area contributed by atoms with Crippen molar-refractivity contribution in [2.24, 2.45) is 0 Å². The Balaban J connectivity index is 3.06. The maximum Gasteiger partial charge on any atom is 0.339 e. The summed E-state index contributed by atoms with van der Waals surface area (Å²) in [4.78, 5) is 13.8. The van der Waals surface area contributed by atoms with E-state index in [1.54, 1.807) is 18.2 Å². The molecule has 90 valence electrons. The number of cyclic esters (lactones) is 1. The predicted molar refractivity (Wildman–Crippen MR) is 67.7 cm³/mol. The number of rotatable bonds is 5. The molecule has 3 nitrogen and oxygen atoms in total. The Bertz CT molecular complexity index is 391. The highest BCUT2D eigenvalue weighted by Crippen LogP contribution is 2.36. The zero-order valence-electron chi connectivity index (χ0n) is 10.1. The van der Waals surface area contributed by atoms with Gasteiger partial charge in [-0.15, -0.1) is 25.5 Å². The van der Waals surface area contributed by atoms with Gasteiger partial charge in [0.15, 0.2) is 5.88 Å². The van der Waals surface area contributed by atoms with Crippen molar-refractivity contribution in [2.45, 2.75) is 24.8 Å². The van der Waals surface area contributed by atoms with Crippen LogP contribution in [0.1, 0.15) is 19.3 Å². The summed E-state index contributed by atoms with van der Waals surface area (Å²) < 4.78 is 5.25. The molecule has 3 heteroatoms. The molecule has 0 amide bonds. The van der Waals surface area contributed by atoms with Crippen LogP contribution in [0.3, 0.4) is 0 Å². The van der Waals surface area contributed by atoms with E-state index in [4.69, 9.17) is 11.2 Å². The highest BCUT2D eigenvalue weighted by Gasteiger charge is 2.49. The molecule has 0 unspecified atom stereocenters. The van der Waals surface area contributed by atoms with Gasteiger partial charge in [0, 0.05) is 13.5 Å². The quantitative estimate of drug-likeness (QED) is 0.413. The monoisotopic (exact) mass is 231 g/mol. The Morgan fingerprint density at radius 2 is 2.06 bits per heavy atom. The first-order valence-corrected chi connectivity index (χ1v) is 5.44. The first kappa shape index (κ1) is 13.1. The second kappa shape index (κ2) is 5.40. The van der Waals surface area contributed by atoms with E-state index in [-0.39, 0.29) is 5.97 Å². The van der Waals surface area contributed by atoms with Crippen molar-refractivity contribution in [3.8, 4) is 12.3 Å². The molecule has 17 heavy (non-hydrogen) atoms. The lowest BCUT2D eigenvalue weighted by molar-refractivity contribution is -0.141. The fourth-order valence-electron chi connectivity index (χ4n) is 1.93. The van der Waals surface area contributed by atoms with E-state index >= 15 is 0 Å². The largest absolute Gasteiger partial charge is 0.408 e. The van der Waals surface area contributed by atoms with Gasteiger partial charge in [-0.2, -0.15) is 0 Å². The fourth-order valence-corrected chi connectivity index (χ4v) is 1.93. The Labute approximate surface area is 102 Å². The van der Waals surface area contributed by atoms with Crippen molar-refractivity contribution >= 4 is 5.97 Å². The number of likely N-dealkylation sites (N-methyl/N-ethyl adjacent to an activating group) is 1. The molecule has 1 heterocycles. The summed E-state index contributed by atoms with van der Waals surface area (Å²) in [5.74, 6) is 2.72. The third-order valence-corrected chi connectivity index (χ3v) is 2.91. The van der Waals surface area contributed by atoms with Crippen LogP contribution in [0, 0.1) is 12.3 Å². The van der Waals surface area contributed by atoms with Crippen LogP contribution in [-0.4, -0.2) is 23.5 Å². The summed E-state index contributed by atoms with van der Waals surface area (Å²) in [6.07, 6.45) is 11.8. The van der Waals surface area contributed by atoms with E-state index in [2.05, 4.69) is 19.1 Å². The summed E-state index contributed by atoms with van der Waals surface area (Å²) in [7, 11) is 1.82. The standard InChI is InChI=1S/C14H17NO2/c1-5-8-9-12-15(4)14(10-6-2,11-7-3)13(16)17-12/h1,6-7,9H,2-3,8,10-11H2,4H3/b12-9-. The first-order valence-electron chi connectivity index (χ1n) is 5.44. The minimum Gasteiger partial charge on any atom is -0.408 e. The van der Waals surface area contributed by atoms with Crippen molar-refractivity contribution in [3.05, 3.63) is 37.3 Å². The molecule has 0 saturated carbocycles. The number of ether oxygens (including phenoxy) is 1. The summed E-state index contributed by atoms with van der Waals surface area (Å²) >= 11 is 0. The van der Waals surface area contributed by atoms with Crippen LogP contribution >= 0.6 is 0 Å². The van der Waals surface area contributed by atoms with Gasteiger partial charge >= 0.3 is 5.97 Å². The van der Waals surface area contributed by atoms with E-state index < -0.39 is 5.54 Å². The molecular weight excluding hydrogens is 214 g/mol. The van der Waals surface area contributed by atoms with Gasteiger partial charge in [-0.1, -0.05) is 12.2 Å². The molecule has 0 aromatic rings. The van der Waals surface area contributed by atoms with Crippen molar-refractivity contribution in [3.63, 3.8) is 0 Å².